The minimum Gasteiger partial charge on any atom is -0.354 e. The van der Waals surface area contributed by atoms with Crippen molar-refractivity contribution >= 4 is 31.7 Å². The van der Waals surface area contributed by atoms with E-state index in [2.05, 4.69) is 21.2 Å². The molecular formula is C12H16BrNO3S. The minimum atomic E-state index is -3.39. The van der Waals surface area contributed by atoms with Crippen LogP contribution in [0.15, 0.2) is 33.6 Å². The van der Waals surface area contributed by atoms with Gasteiger partial charge in [-0.2, -0.15) is 0 Å². The van der Waals surface area contributed by atoms with Crippen molar-refractivity contribution in [2.75, 3.05) is 5.75 Å². The zero-order valence-electron chi connectivity index (χ0n) is 10.3. The Kier molecular flexibility index (Phi) is 5.34. The van der Waals surface area contributed by atoms with E-state index >= 15 is 0 Å². The highest BCUT2D eigenvalue weighted by Gasteiger charge is 2.16. The lowest BCUT2D eigenvalue weighted by Crippen LogP contribution is -2.31. The van der Waals surface area contributed by atoms with E-state index in [4.69, 9.17) is 0 Å². The lowest BCUT2D eigenvalue weighted by atomic mass is 10.3. The Morgan fingerprint density at radius 3 is 2.33 bits per heavy atom. The second kappa shape index (κ2) is 6.33. The van der Waals surface area contributed by atoms with Crippen molar-refractivity contribution in [2.24, 2.45) is 0 Å². The van der Waals surface area contributed by atoms with E-state index in [9.17, 15) is 13.2 Å². The second-order valence-corrected chi connectivity index (χ2v) is 7.27. The van der Waals surface area contributed by atoms with Gasteiger partial charge in [0.1, 0.15) is 0 Å². The molecule has 0 atom stereocenters. The zero-order chi connectivity index (χ0) is 13.8. The molecule has 1 aromatic carbocycles. The third kappa shape index (κ3) is 4.78. The van der Waals surface area contributed by atoms with Gasteiger partial charge >= 0.3 is 0 Å². The van der Waals surface area contributed by atoms with E-state index in [1.807, 2.05) is 13.8 Å². The molecule has 0 aliphatic rings. The van der Waals surface area contributed by atoms with Gasteiger partial charge in [0.25, 0.3) is 0 Å². The number of halogens is 1. The molecule has 0 radical (unpaired) electrons. The second-order valence-electron chi connectivity index (χ2n) is 4.25. The van der Waals surface area contributed by atoms with Gasteiger partial charge in [0, 0.05) is 16.9 Å². The maximum Gasteiger partial charge on any atom is 0.221 e. The summed E-state index contributed by atoms with van der Waals surface area (Å²) < 4.78 is 24.7. The predicted molar refractivity (Wildman–Crippen MR) is 74.1 cm³/mol. The summed E-state index contributed by atoms with van der Waals surface area (Å²) in [6.07, 6.45) is -0.0173. The molecule has 0 saturated heterocycles. The molecule has 0 fully saturated rings. The summed E-state index contributed by atoms with van der Waals surface area (Å²) in [5, 5.41) is 2.67. The topological polar surface area (TPSA) is 63.2 Å². The highest BCUT2D eigenvalue weighted by Crippen LogP contribution is 2.16. The average Bonchev–Trinajstić information content (AvgIpc) is 2.26. The van der Waals surface area contributed by atoms with Crippen LogP contribution in [0.3, 0.4) is 0 Å². The van der Waals surface area contributed by atoms with Crippen LogP contribution < -0.4 is 5.32 Å². The van der Waals surface area contributed by atoms with Gasteiger partial charge in [0.15, 0.2) is 9.84 Å². The Morgan fingerprint density at radius 1 is 1.28 bits per heavy atom. The summed E-state index contributed by atoms with van der Waals surface area (Å²) in [6, 6.07) is 6.41. The number of nitrogens with one attached hydrogen (secondary N) is 1. The molecule has 18 heavy (non-hydrogen) atoms. The fourth-order valence-electron chi connectivity index (χ4n) is 1.38. The highest BCUT2D eigenvalue weighted by molar-refractivity contribution is 9.10. The zero-order valence-corrected chi connectivity index (χ0v) is 12.7. The van der Waals surface area contributed by atoms with Gasteiger partial charge in [-0.15, -0.1) is 0 Å². The van der Waals surface area contributed by atoms with E-state index in [0.29, 0.717) is 0 Å². The Bertz CT molecular complexity index is 509. The molecule has 6 heteroatoms. The Balaban J connectivity index is 2.66. The normalized spacial score (nSPS) is 11.6. The van der Waals surface area contributed by atoms with Crippen LogP contribution in [0, 0.1) is 0 Å². The van der Waals surface area contributed by atoms with Crippen LogP contribution in [-0.4, -0.2) is 26.1 Å². The van der Waals surface area contributed by atoms with Crippen LogP contribution in [-0.2, 0) is 14.6 Å². The first kappa shape index (κ1) is 15.2. The van der Waals surface area contributed by atoms with Crippen LogP contribution in [0.25, 0.3) is 0 Å². The first-order chi connectivity index (χ1) is 8.31. The summed E-state index contributed by atoms with van der Waals surface area (Å²) in [5.41, 5.74) is 0. The smallest absolute Gasteiger partial charge is 0.221 e. The first-order valence-corrected chi connectivity index (χ1v) is 8.03. The first-order valence-electron chi connectivity index (χ1n) is 5.59. The number of rotatable bonds is 5. The monoisotopic (exact) mass is 333 g/mol. The molecule has 1 N–H and O–H groups in total. The maximum absolute atomic E-state index is 11.9. The third-order valence-corrected chi connectivity index (χ3v) is 4.48. The summed E-state index contributed by atoms with van der Waals surface area (Å²) in [4.78, 5) is 11.6. The number of hydrogen-bond donors (Lipinski definition) is 1. The van der Waals surface area contributed by atoms with E-state index in [-0.39, 0.29) is 29.0 Å². The van der Waals surface area contributed by atoms with E-state index in [1.165, 1.54) is 12.1 Å². The standard InChI is InChI=1S/C12H16BrNO3S/c1-9(2)14-12(15)7-8-18(16,17)11-5-3-10(13)4-6-11/h3-6,9H,7-8H2,1-2H3,(H,14,15). The van der Waals surface area contributed by atoms with Gasteiger partial charge in [-0.1, -0.05) is 15.9 Å². The van der Waals surface area contributed by atoms with Gasteiger partial charge in [0.2, 0.25) is 5.91 Å². The van der Waals surface area contributed by atoms with Gasteiger partial charge < -0.3 is 5.32 Å². The molecule has 0 aromatic heterocycles. The number of carbonyl (C=O) groups is 1. The molecule has 100 valence electrons. The number of benzene rings is 1. The lowest BCUT2D eigenvalue weighted by Gasteiger charge is -2.08. The van der Waals surface area contributed by atoms with Crippen LogP contribution >= 0.6 is 15.9 Å². The van der Waals surface area contributed by atoms with Crippen molar-refractivity contribution in [3.8, 4) is 0 Å². The van der Waals surface area contributed by atoms with Crippen molar-refractivity contribution in [3.05, 3.63) is 28.7 Å². The van der Waals surface area contributed by atoms with E-state index < -0.39 is 9.84 Å². The maximum atomic E-state index is 11.9. The molecule has 0 bridgehead atoms. The Hall–Kier alpha value is -0.880. The molecule has 0 unspecified atom stereocenters. The molecule has 0 aliphatic carbocycles. The molecule has 1 rings (SSSR count). The summed E-state index contributed by atoms with van der Waals surface area (Å²) in [5.74, 6) is -0.418. The minimum absolute atomic E-state index is 0.0173. The van der Waals surface area contributed by atoms with Crippen molar-refractivity contribution < 1.29 is 13.2 Å². The number of sulfone groups is 1. The molecule has 0 heterocycles. The summed E-state index contributed by atoms with van der Waals surface area (Å²) in [6.45, 7) is 3.67. The third-order valence-electron chi connectivity index (χ3n) is 2.22. The fraction of sp³-hybridized carbons (Fsp3) is 0.417. The number of hydrogen-bond acceptors (Lipinski definition) is 3. The molecule has 0 spiro atoms. The molecule has 1 amide bonds. The van der Waals surface area contributed by atoms with Gasteiger partial charge in [-0.3, -0.25) is 4.79 Å². The molecule has 0 aliphatic heterocycles. The largest absolute Gasteiger partial charge is 0.354 e. The van der Waals surface area contributed by atoms with Crippen LogP contribution in [0.2, 0.25) is 0 Å². The van der Waals surface area contributed by atoms with E-state index in [0.717, 1.165) is 4.47 Å². The predicted octanol–water partition coefficient (Wildman–Crippen LogP) is 2.14. The van der Waals surface area contributed by atoms with Crippen molar-refractivity contribution in [3.63, 3.8) is 0 Å². The fourth-order valence-corrected chi connectivity index (χ4v) is 2.89. The lowest BCUT2D eigenvalue weighted by molar-refractivity contribution is -0.121. The van der Waals surface area contributed by atoms with Gasteiger partial charge in [-0.25, -0.2) is 8.42 Å². The van der Waals surface area contributed by atoms with Crippen molar-refractivity contribution in [1.29, 1.82) is 0 Å². The Labute approximate surface area is 116 Å². The van der Waals surface area contributed by atoms with Crippen molar-refractivity contribution in [2.45, 2.75) is 31.2 Å². The number of carbonyl (C=O) groups excluding carboxylic acids is 1. The summed E-state index contributed by atoms with van der Waals surface area (Å²) >= 11 is 3.24. The number of amides is 1. The van der Waals surface area contributed by atoms with Crippen LogP contribution in [0.1, 0.15) is 20.3 Å². The van der Waals surface area contributed by atoms with Crippen LogP contribution in [0.4, 0.5) is 0 Å². The van der Waals surface area contributed by atoms with Gasteiger partial charge in [-0.05, 0) is 38.1 Å². The quantitative estimate of drug-likeness (QED) is 0.897. The molecule has 4 nitrogen and oxygen atoms in total. The highest BCUT2D eigenvalue weighted by atomic mass is 79.9. The molecule has 0 saturated carbocycles. The van der Waals surface area contributed by atoms with Gasteiger partial charge in [0.05, 0.1) is 10.6 Å². The SMILES string of the molecule is CC(C)NC(=O)CCS(=O)(=O)c1ccc(Br)cc1. The van der Waals surface area contributed by atoms with E-state index in [1.54, 1.807) is 12.1 Å². The van der Waals surface area contributed by atoms with Crippen LogP contribution in [0.5, 0.6) is 0 Å². The summed E-state index contributed by atoms with van der Waals surface area (Å²) in [7, 11) is -3.39. The molecule has 1 aromatic rings. The average molecular weight is 334 g/mol. The van der Waals surface area contributed by atoms with Crippen molar-refractivity contribution in [1.82, 2.24) is 5.32 Å². The Morgan fingerprint density at radius 2 is 1.83 bits per heavy atom. The molecular weight excluding hydrogens is 318 g/mol.